The van der Waals surface area contributed by atoms with Crippen LogP contribution in [0.3, 0.4) is 0 Å². The van der Waals surface area contributed by atoms with Gasteiger partial charge in [-0.05, 0) is 17.5 Å². The van der Waals surface area contributed by atoms with Crippen molar-refractivity contribution in [3.63, 3.8) is 0 Å². The van der Waals surface area contributed by atoms with Crippen LogP contribution in [0.25, 0.3) is 11.3 Å². The van der Waals surface area contributed by atoms with Crippen molar-refractivity contribution in [2.24, 2.45) is 5.41 Å². The van der Waals surface area contributed by atoms with Crippen LogP contribution >= 0.6 is 0 Å². The average molecular weight is 231 g/mol. The van der Waals surface area contributed by atoms with E-state index in [-0.39, 0.29) is 5.41 Å². The van der Waals surface area contributed by atoms with Gasteiger partial charge in [0.2, 0.25) is 0 Å². The Morgan fingerprint density at radius 3 is 2.65 bits per heavy atom. The Kier molecular flexibility index (Phi) is 2.88. The number of aromatic nitrogens is 2. The van der Waals surface area contributed by atoms with Gasteiger partial charge in [-0.3, -0.25) is 4.98 Å². The van der Waals surface area contributed by atoms with Gasteiger partial charge in [0.25, 0.3) is 0 Å². The lowest BCUT2D eigenvalue weighted by Gasteiger charge is -2.16. The van der Waals surface area contributed by atoms with Crippen molar-refractivity contribution in [1.82, 2.24) is 10.1 Å². The summed E-state index contributed by atoms with van der Waals surface area (Å²) in [5, 5.41) is 3.84. The smallest absolute Gasteiger partial charge is 0.176 e. The number of hydrogen-bond donors (Lipinski definition) is 1. The first kappa shape index (κ1) is 11.6. The molecule has 2 aromatic rings. The molecule has 4 heteroatoms. The highest BCUT2D eigenvalue weighted by atomic mass is 16.5. The minimum Gasteiger partial charge on any atom is -0.380 e. The highest BCUT2D eigenvalue weighted by Gasteiger charge is 2.22. The van der Waals surface area contributed by atoms with Crippen molar-refractivity contribution in [3.05, 3.63) is 30.2 Å². The molecule has 0 aliphatic heterocycles. The lowest BCUT2D eigenvalue weighted by Crippen LogP contribution is -2.09. The van der Waals surface area contributed by atoms with Crippen molar-refractivity contribution in [2.45, 2.75) is 27.2 Å². The maximum atomic E-state index is 5.85. The molecule has 0 bridgehead atoms. The Balaban J connectivity index is 2.44. The number of nitrogen functional groups attached to an aromatic ring is 1. The van der Waals surface area contributed by atoms with Gasteiger partial charge >= 0.3 is 0 Å². The van der Waals surface area contributed by atoms with Crippen LogP contribution in [0.4, 0.5) is 5.82 Å². The SMILES string of the molecule is CC(C)(C)Cc1onc(N)c1-c1ccccn1. The maximum Gasteiger partial charge on any atom is 0.176 e. The molecule has 17 heavy (non-hydrogen) atoms. The van der Waals surface area contributed by atoms with Crippen LogP contribution in [0, 0.1) is 5.41 Å². The molecule has 0 atom stereocenters. The summed E-state index contributed by atoms with van der Waals surface area (Å²) in [6.45, 7) is 6.44. The lowest BCUT2D eigenvalue weighted by molar-refractivity contribution is 0.322. The molecule has 0 spiro atoms. The minimum atomic E-state index is 0.121. The van der Waals surface area contributed by atoms with E-state index in [0.717, 1.165) is 23.4 Å². The summed E-state index contributed by atoms with van der Waals surface area (Å²) in [6, 6.07) is 5.71. The van der Waals surface area contributed by atoms with E-state index < -0.39 is 0 Å². The molecule has 2 rings (SSSR count). The zero-order valence-corrected chi connectivity index (χ0v) is 10.4. The standard InChI is InChI=1S/C13H17N3O/c1-13(2,3)8-10-11(12(14)16-17-10)9-6-4-5-7-15-9/h4-7H,8H2,1-3H3,(H2,14,16). The number of pyridine rings is 1. The van der Waals surface area contributed by atoms with E-state index in [2.05, 4.69) is 30.9 Å². The quantitative estimate of drug-likeness (QED) is 0.863. The second-order valence-electron chi connectivity index (χ2n) is 5.32. The summed E-state index contributed by atoms with van der Waals surface area (Å²) >= 11 is 0. The number of rotatable bonds is 2. The monoisotopic (exact) mass is 231 g/mol. The molecule has 2 N–H and O–H groups in total. The average Bonchev–Trinajstić information content (AvgIpc) is 2.58. The van der Waals surface area contributed by atoms with Crippen LogP contribution in [0.1, 0.15) is 26.5 Å². The Hall–Kier alpha value is -1.84. The van der Waals surface area contributed by atoms with Crippen LogP contribution < -0.4 is 5.73 Å². The van der Waals surface area contributed by atoms with Crippen LogP contribution in [0.15, 0.2) is 28.9 Å². The highest BCUT2D eigenvalue weighted by molar-refractivity contribution is 5.72. The molecule has 0 saturated heterocycles. The van der Waals surface area contributed by atoms with E-state index in [0.29, 0.717) is 5.82 Å². The molecule has 90 valence electrons. The van der Waals surface area contributed by atoms with Crippen LogP contribution in [-0.2, 0) is 6.42 Å². The van der Waals surface area contributed by atoms with Crippen molar-refractivity contribution in [3.8, 4) is 11.3 Å². The Morgan fingerprint density at radius 2 is 2.06 bits per heavy atom. The summed E-state index contributed by atoms with van der Waals surface area (Å²) in [5.74, 6) is 1.21. The van der Waals surface area contributed by atoms with Gasteiger partial charge in [0.15, 0.2) is 5.82 Å². The largest absolute Gasteiger partial charge is 0.380 e. The fourth-order valence-corrected chi connectivity index (χ4v) is 1.73. The van der Waals surface area contributed by atoms with Crippen LogP contribution in [0.2, 0.25) is 0 Å². The second-order valence-corrected chi connectivity index (χ2v) is 5.32. The van der Waals surface area contributed by atoms with E-state index in [1.807, 2.05) is 18.2 Å². The van der Waals surface area contributed by atoms with E-state index in [1.54, 1.807) is 6.20 Å². The van der Waals surface area contributed by atoms with Crippen molar-refractivity contribution < 1.29 is 4.52 Å². The molecule has 0 aromatic carbocycles. The predicted octanol–water partition coefficient (Wildman–Crippen LogP) is 2.91. The molecule has 0 radical (unpaired) electrons. The van der Waals surface area contributed by atoms with Gasteiger partial charge in [0, 0.05) is 12.6 Å². The summed E-state index contributed by atoms with van der Waals surface area (Å²) in [4.78, 5) is 4.29. The lowest BCUT2D eigenvalue weighted by atomic mass is 9.89. The minimum absolute atomic E-state index is 0.121. The molecule has 2 aromatic heterocycles. The summed E-state index contributed by atoms with van der Waals surface area (Å²) in [6.07, 6.45) is 2.52. The van der Waals surface area contributed by atoms with Gasteiger partial charge in [-0.15, -0.1) is 0 Å². The molecule has 0 fully saturated rings. The summed E-state index contributed by atoms with van der Waals surface area (Å²) < 4.78 is 5.31. The third-order valence-electron chi connectivity index (χ3n) is 2.40. The summed E-state index contributed by atoms with van der Waals surface area (Å²) in [7, 11) is 0. The zero-order valence-electron chi connectivity index (χ0n) is 10.4. The number of anilines is 1. The topological polar surface area (TPSA) is 64.9 Å². The van der Waals surface area contributed by atoms with E-state index in [9.17, 15) is 0 Å². The Labute approximate surface area is 101 Å². The first-order chi connectivity index (χ1) is 7.97. The van der Waals surface area contributed by atoms with Crippen molar-refractivity contribution in [1.29, 1.82) is 0 Å². The molecule has 0 saturated carbocycles. The summed E-state index contributed by atoms with van der Waals surface area (Å²) in [5.41, 5.74) is 7.60. The molecule has 0 unspecified atom stereocenters. The maximum absolute atomic E-state index is 5.85. The van der Waals surface area contributed by atoms with Gasteiger partial charge in [-0.2, -0.15) is 0 Å². The van der Waals surface area contributed by atoms with Gasteiger partial charge in [-0.25, -0.2) is 0 Å². The predicted molar refractivity (Wildman–Crippen MR) is 67.3 cm³/mol. The van der Waals surface area contributed by atoms with E-state index in [4.69, 9.17) is 10.3 Å². The third kappa shape index (κ3) is 2.64. The number of hydrogen-bond acceptors (Lipinski definition) is 4. The third-order valence-corrected chi connectivity index (χ3v) is 2.40. The molecular weight excluding hydrogens is 214 g/mol. The highest BCUT2D eigenvalue weighted by Crippen LogP contribution is 2.32. The normalized spacial score (nSPS) is 11.7. The van der Waals surface area contributed by atoms with Gasteiger partial charge in [-0.1, -0.05) is 32.0 Å². The molecule has 0 aliphatic rings. The second kappa shape index (κ2) is 4.20. The van der Waals surface area contributed by atoms with Gasteiger partial charge in [0.1, 0.15) is 5.76 Å². The number of nitrogens with two attached hydrogens (primary N) is 1. The number of nitrogens with zero attached hydrogens (tertiary/aromatic N) is 2. The van der Waals surface area contributed by atoms with E-state index in [1.165, 1.54) is 0 Å². The Morgan fingerprint density at radius 1 is 1.29 bits per heavy atom. The molecular formula is C13H17N3O. The molecule has 4 nitrogen and oxygen atoms in total. The first-order valence-corrected chi connectivity index (χ1v) is 5.63. The zero-order chi connectivity index (χ0) is 12.5. The van der Waals surface area contributed by atoms with Crippen molar-refractivity contribution in [2.75, 3.05) is 5.73 Å². The van der Waals surface area contributed by atoms with Crippen LogP contribution in [-0.4, -0.2) is 10.1 Å². The van der Waals surface area contributed by atoms with Crippen molar-refractivity contribution >= 4 is 5.82 Å². The molecule has 2 heterocycles. The fraction of sp³-hybridized carbons (Fsp3) is 0.385. The van der Waals surface area contributed by atoms with Gasteiger partial charge in [0.05, 0.1) is 11.3 Å². The molecule has 0 amide bonds. The van der Waals surface area contributed by atoms with Crippen LogP contribution in [0.5, 0.6) is 0 Å². The molecule has 0 aliphatic carbocycles. The fourth-order valence-electron chi connectivity index (χ4n) is 1.73. The Bertz CT molecular complexity index is 497. The first-order valence-electron chi connectivity index (χ1n) is 5.63. The van der Waals surface area contributed by atoms with Gasteiger partial charge < -0.3 is 10.3 Å². The van der Waals surface area contributed by atoms with E-state index >= 15 is 0 Å².